The normalized spacial score (nSPS) is 10.4. The number of ether oxygens (including phenoxy) is 2. The molecule has 0 radical (unpaired) electrons. The molecular formula is C11H15N3O4. The second kappa shape index (κ2) is 6.43. The number of aliphatic carboxylic acids is 1. The van der Waals surface area contributed by atoms with Gasteiger partial charge in [0.2, 0.25) is 0 Å². The molecule has 0 fully saturated rings. The first-order chi connectivity index (χ1) is 8.56. The van der Waals surface area contributed by atoms with E-state index in [1.807, 2.05) is 0 Å². The third kappa shape index (κ3) is 3.93. The molecule has 1 aromatic carbocycles. The van der Waals surface area contributed by atoms with Gasteiger partial charge in [0.1, 0.15) is 23.7 Å². The fraction of sp³-hybridized carbons (Fsp3) is 0.364. The van der Waals surface area contributed by atoms with E-state index in [2.05, 4.69) is 10.3 Å². The maximum absolute atomic E-state index is 10.4. The Labute approximate surface area is 105 Å². The number of hydrogen-bond acceptors (Lipinski definition) is 5. The number of rotatable bonds is 6. The van der Waals surface area contributed by atoms with Crippen LogP contribution in [0.3, 0.4) is 0 Å². The zero-order valence-electron chi connectivity index (χ0n) is 10.5. The quantitative estimate of drug-likeness (QED) is 0.616. The van der Waals surface area contributed by atoms with Crippen LogP contribution in [0.15, 0.2) is 28.5 Å². The van der Waals surface area contributed by atoms with Gasteiger partial charge in [-0.25, -0.2) is 0 Å². The van der Waals surface area contributed by atoms with E-state index in [9.17, 15) is 4.79 Å². The lowest BCUT2D eigenvalue weighted by molar-refractivity contribution is -0.138. The SMILES string of the molecule is COc1ccc(N=NN(C)CC(=O)O)c(OC)c1. The fourth-order valence-corrected chi connectivity index (χ4v) is 1.22. The maximum atomic E-state index is 10.4. The second-order valence-corrected chi connectivity index (χ2v) is 3.44. The molecule has 0 aliphatic rings. The number of benzene rings is 1. The lowest BCUT2D eigenvalue weighted by Crippen LogP contribution is -2.19. The standard InChI is InChI=1S/C11H15N3O4/c1-14(7-11(15)16)13-12-9-5-4-8(17-2)6-10(9)18-3/h4-6H,7H2,1-3H3,(H,15,16). The molecule has 0 amide bonds. The number of carbonyl (C=O) groups is 1. The minimum absolute atomic E-state index is 0.220. The van der Waals surface area contributed by atoms with Gasteiger partial charge in [0.15, 0.2) is 0 Å². The Kier molecular flexibility index (Phi) is 4.91. The molecule has 0 unspecified atom stereocenters. The van der Waals surface area contributed by atoms with E-state index >= 15 is 0 Å². The van der Waals surface area contributed by atoms with E-state index in [0.717, 1.165) is 0 Å². The van der Waals surface area contributed by atoms with Crippen LogP contribution < -0.4 is 9.47 Å². The maximum Gasteiger partial charge on any atom is 0.324 e. The van der Waals surface area contributed by atoms with Gasteiger partial charge in [0.05, 0.1) is 14.2 Å². The van der Waals surface area contributed by atoms with Gasteiger partial charge in [-0.2, -0.15) is 0 Å². The lowest BCUT2D eigenvalue weighted by atomic mass is 10.3. The molecule has 7 nitrogen and oxygen atoms in total. The molecular weight excluding hydrogens is 238 g/mol. The highest BCUT2D eigenvalue weighted by Crippen LogP contribution is 2.31. The summed E-state index contributed by atoms with van der Waals surface area (Å²) in [5, 5.41) is 17.4. The lowest BCUT2D eigenvalue weighted by Gasteiger charge is -2.09. The molecule has 1 rings (SSSR count). The Morgan fingerprint density at radius 3 is 2.67 bits per heavy atom. The summed E-state index contributed by atoms with van der Waals surface area (Å²) in [5.41, 5.74) is 0.496. The van der Waals surface area contributed by atoms with Crippen LogP contribution in [0, 0.1) is 0 Å². The van der Waals surface area contributed by atoms with Crippen LogP contribution in [0.4, 0.5) is 5.69 Å². The van der Waals surface area contributed by atoms with Crippen LogP contribution in [0.2, 0.25) is 0 Å². The van der Waals surface area contributed by atoms with Crippen molar-refractivity contribution < 1.29 is 19.4 Å². The zero-order valence-corrected chi connectivity index (χ0v) is 10.5. The largest absolute Gasteiger partial charge is 0.497 e. The van der Waals surface area contributed by atoms with E-state index in [0.29, 0.717) is 17.2 Å². The molecule has 7 heteroatoms. The minimum atomic E-state index is -0.974. The van der Waals surface area contributed by atoms with Gasteiger partial charge >= 0.3 is 5.97 Å². The van der Waals surface area contributed by atoms with Gasteiger partial charge in [0.25, 0.3) is 0 Å². The summed E-state index contributed by atoms with van der Waals surface area (Å²) in [6, 6.07) is 5.06. The molecule has 0 spiro atoms. The Morgan fingerprint density at radius 2 is 2.11 bits per heavy atom. The first kappa shape index (κ1) is 13.8. The summed E-state index contributed by atoms with van der Waals surface area (Å²) in [7, 11) is 4.58. The molecule has 0 aliphatic heterocycles. The summed E-state index contributed by atoms with van der Waals surface area (Å²) in [4.78, 5) is 10.4. The van der Waals surface area contributed by atoms with Crippen molar-refractivity contribution in [1.29, 1.82) is 0 Å². The Hall–Kier alpha value is -2.31. The Bertz CT molecular complexity index is 448. The molecule has 0 saturated heterocycles. The first-order valence-corrected chi connectivity index (χ1v) is 5.13. The number of carboxylic acids is 1. The molecule has 1 aromatic rings. The number of nitrogens with zero attached hydrogens (tertiary/aromatic N) is 3. The predicted molar refractivity (Wildman–Crippen MR) is 64.3 cm³/mol. The van der Waals surface area contributed by atoms with E-state index in [1.54, 1.807) is 25.3 Å². The fourth-order valence-electron chi connectivity index (χ4n) is 1.22. The molecule has 1 N–H and O–H groups in total. The van der Waals surface area contributed by atoms with Gasteiger partial charge in [-0.05, 0) is 12.1 Å². The average Bonchev–Trinajstić information content (AvgIpc) is 2.35. The predicted octanol–water partition coefficient (Wildman–Crippen LogP) is 1.72. The third-order valence-corrected chi connectivity index (χ3v) is 2.06. The molecule has 0 heterocycles. The van der Waals surface area contributed by atoms with Gasteiger partial charge < -0.3 is 14.6 Å². The van der Waals surface area contributed by atoms with Gasteiger partial charge in [0, 0.05) is 13.1 Å². The first-order valence-electron chi connectivity index (χ1n) is 5.13. The molecule has 0 saturated carbocycles. The molecule has 18 heavy (non-hydrogen) atoms. The van der Waals surface area contributed by atoms with Crippen LogP contribution in [0.5, 0.6) is 11.5 Å². The van der Waals surface area contributed by atoms with Crippen molar-refractivity contribution in [1.82, 2.24) is 5.01 Å². The van der Waals surface area contributed by atoms with Crippen LogP contribution in [-0.2, 0) is 4.79 Å². The number of methoxy groups -OCH3 is 2. The summed E-state index contributed by atoms with van der Waals surface area (Å²) in [5.74, 6) is 0.171. The van der Waals surface area contributed by atoms with Gasteiger partial charge in [-0.1, -0.05) is 5.22 Å². The number of likely N-dealkylation sites (N-methyl/N-ethyl adjacent to an activating group) is 1. The topological polar surface area (TPSA) is 83.7 Å². The monoisotopic (exact) mass is 253 g/mol. The summed E-state index contributed by atoms with van der Waals surface area (Å²) >= 11 is 0. The van der Waals surface area contributed by atoms with Crippen LogP contribution in [0.25, 0.3) is 0 Å². The minimum Gasteiger partial charge on any atom is -0.497 e. The highest BCUT2D eigenvalue weighted by atomic mass is 16.5. The highest BCUT2D eigenvalue weighted by Gasteiger charge is 2.05. The zero-order chi connectivity index (χ0) is 13.5. The van der Waals surface area contributed by atoms with Crippen molar-refractivity contribution in [2.75, 3.05) is 27.8 Å². The van der Waals surface area contributed by atoms with Crippen LogP contribution >= 0.6 is 0 Å². The van der Waals surface area contributed by atoms with Gasteiger partial charge in [-0.15, -0.1) is 5.11 Å². The van der Waals surface area contributed by atoms with Crippen molar-refractivity contribution in [3.63, 3.8) is 0 Å². The van der Waals surface area contributed by atoms with Crippen LogP contribution in [-0.4, -0.2) is 43.9 Å². The summed E-state index contributed by atoms with van der Waals surface area (Å²) in [6.07, 6.45) is 0. The summed E-state index contributed by atoms with van der Waals surface area (Å²) < 4.78 is 10.2. The van der Waals surface area contributed by atoms with Crippen LogP contribution in [0.1, 0.15) is 0 Å². The van der Waals surface area contributed by atoms with Gasteiger partial charge in [-0.3, -0.25) is 9.80 Å². The summed E-state index contributed by atoms with van der Waals surface area (Å²) in [6.45, 7) is -0.220. The molecule has 0 aliphatic carbocycles. The van der Waals surface area contributed by atoms with Crippen molar-refractivity contribution in [3.05, 3.63) is 18.2 Å². The molecule has 0 bridgehead atoms. The highest BCUT2D eigenvalue weighted by molar-refractivity contribution is 5.68. The van der Waals surface area contributed by atoms with Crippen molar-refractivity contribution >= 4 is 11.7 Å². The average molecular weight is 253 g/mol. The smallest absolute Gasteiger partial charge is 0.324 e. The molecule has 0 aromatic heterocycles. The van der Waals surface area contributed by atoms with E-state index in [-0.39, 0.29) is 6.54 Å². The Morgan fingerprint density at radius 1 is 1.39 bits per heavy atom. The van der Waals surface area contributed by atoms with Crippen molar-refractivity contribution in [2.24, 2.45) is 10.3 Å². The number of hydrogen-bond donors (Lipinski definition) is 1. The Balaban J connectivity index is 2.83. The molecule has 98 valence electrons. The van der Waals surface area contributed by atoms with Crippen molar-refractivity contribution in [3.8, 4) is 11.5 Å². The van der Waals surface area contributed by atoms with Crippen molar-refractivity contribution in [2.45, 2.75) is 0 Å². The second-order valence-electron chi connectivity index (χ2n) is 3.44. The van der Waals surface area contributed by atoms with E-state index in [4.69, 9.17) is 14.6 Å². The third-order valence-electron chi connectivity index (χ3n) is 2.06. The van der Waals surface area contributed by atoms with E-state index in [1.165, 1.54) is 19.2 Å². The van der Waals surface area contributed by atoms with E-state index < -0.39 is 5.97 Å². The number of carboxylic acid groups (broad SMARTS) is 1. The molecule has 0 atom stereocenters.